The molecule has 0 N–H and O–H groups in total. The lowest BCUT2D eigenvalue weighted by Crippen LogP contribution is -1.99. The van der Waals surface area contributed by atoms with Gasteiger partial charge in [-0.1, -0.05) is 224 Å². The summed E-state index contributed by atoms with van der Waals surface area (Å²) in [6.45, 7) is 0. The fraction of sp³-hybridized carbons (Fsp3) is 0. The first-order valence-corrected chi connectivity index (χ1v) is 38.7. The standard InChI is InChI=1S/C27H16N2.C26H15N3.C25H14N4.C23H12N6/c1-2-9-19-16-25-22(15-18(19)8-1)26-20-10-4-3-7-17(20)13-14-21(26)27-28-23-11-5-6-12-24(23)29(25)27;1-3-9-18-16(7-1)13-14-19-24(18)20-15-17-8-2-4-10-21(17)27-26(20)29-23-12-6-5-11-22(23)28-25(19)29;1-2-8-16-15(7-1)13-14-17-22(16)23-25(27-19-10-4-3-9-18(19)26-23)29-21-12-6-5-11-20(21)28-24(17)29;1-2-6-14-13(5-1)9-10-15-18(14)19-23(28-21-20(27-19)24-11-12-25-21)29-17-8-4-3-7-16(17)26-22(15)29/h1-16H;1-15H;1-14H;1-12H. The van der Waals surface area contributed by atoms with E-state index in [-0.39, 0.29) is 0 Å². The second kappa shape index (κ2) is 24.7. The van der Waals surface area contributed by atoms with Crippen molar-refractivity contribution in [2.45, 2.75) is 0 Å². The van der Waals surface area contributed by atoms with E-state index in [4.69, 9.17) is 44.9 Å². The smallest absolute Gasteiger partial charge is 0.199 e. The maximum absolute atomic E-state index is 5.11. The first-order chi connectivity index (χ1) is 57.5. The average molecular weight is 1480 g/mol. The third-order valence-electron chi connectivity index (χ3n) is 23.2. The lowest BCUT2D eigenvalue weighted by molar-refractivity contribution is 1.16. The third kappa shape index (κ3) is 9.44. The van der Waals surface area contributed by atoms with E-state index in [9.17, 15) is 0 Å². The molecule has 16 aromatic carbocycles. The topological polar surface area (TPSA) is 159 Å². The highest BCUT2D eigenvalue weighted by atomic mass is 15.1. The van der Waals surface area contributed by atoms with E-state index in [1.54, 1.807) is 12.4 Å². The summed E-state index contributed by atoms with van der Waals surface area (Å²) in [5, 5.41) is 24.9. The first kappa shape index (κ1) is 63.6. The minimum absolute atomic E-state index is 0.527. The van der Waals surface area contributed by atoms with Crippen LogP contribution in [-0.4, -0.2) is 72.4 Å². The van der Waals surface area contributed by atoms with Gasteiger partial charge in [0.15, 0.2) is 22.6 Å². The maximum Gasteiger partial charge on any atom is 0.199 e. The highest BCUT2D eigenvalue weighted by molar-refractivity contribution is 6.28. The molecular formula is C101H57N15. The Kier molecular flexibility index (Phi) is 13.5. The Morgan fingerprint density at radius 1 is 0.164 bits per heavy atom. The van der Waals surface area contributed by atoms with Crippen molar-refractivity contribution in [1.29, 1.82) is 0 Å². The molecule has 0 atom stereocenters. The zero-order valence-electron chi connectivity index (χ0n) is 61.6. The van der Waals surface area contributed by atoms with Crippen LogP contribution in [0.2, 0.25) is 0 Å². The number of rotatable bonds is 0. The van der Waals surface area contributed by atoms with E-state index in [0.29, 0.717) is 11.3 Å². The van der Waals surface area contributed by atoms with Crippen LogP contribution < -0.4 is 0 Å². The summed E-state index contributed by atoms with van der Waals surface area (Å²) in [5.41, 5.74) is 21.3. The molecule has 116 heavy (non-hydrogen) atoms. The number of hydrogen-bond acceptors (Lipinski definition) is 11. The fourth-order valence-corrected chi connectivity index (χ4v) is 18.1. The van der Waals surface area contributed by atoms with E-state index in [1.165, 1.54) is 70.2 Å². The molecule has 12 heterocycles. The molecule has 28 rings (SSSR count). The van der Waals surface area contributed by atoms with Crippen molar-refractivity contribution in [2.24, 2.45) is 0 Å². The fourth-order valence-electron chi connectivity index (χ4n) is 18.1. The number of fused-ring (bicyclic) bond motifs is 44. The zero-order chi connectivity index (χ0) is 75.8. The van der Waals surface area contributed by atoms with Crippen molar-refractivity contribution < 1.29 is 0 Å². The van der Waals surface area contributed by atoms with Gasteiger partial charge >= 0.3 is 0 Å². The van der Waals surface area contributed by atoms with Gasteiger partial charge < -0.3 is 0 Å². The van der Waals surface area contributed by atoms with Crippen LogP contribution in [0.5, 0.6) is 0 Å². The van der Waals surface area contributed by atoms with Crippen LogP contribution in [0.25, 0.3) is 241 Å². The number of para-hydroxylation sites is 11. The van der Waals surface area contributed by atoms with Crippen LogP contribution in [-0.2, 0) is 0 Å². The van der Waals surface area contributed by atoms with Crippen molar-refractivity contribution in [3.63, 3.8) is 0 Å². The molecule has 15 nitrogen and oxygen atoms in total. The molecule has 15 heteroatoms. The molecule has 0 fully saturated rings. The number of imidazole rings is 4. The van der Waals surface area contributed by atoms with E-state index in [1.807, 2.05) is 78.9 Å². The van der Waals surface area contributed by atoms with Gasteiger partial charge in [0, 0.05) is 71.6 Å². The van der Waals surface area contributed by atoms with Crippen LogP contribution in [0.4, 0.5) is 0 Å². The van der Waals surface area contributed by atoms with Gasteiger partial charge in [0.1, 0.15) is 39.3 Å². The number of hydrogen-bond donors (Lipinski definition) is 0. The summed E-state index contributed by atoms with van der Waals surface area (Å²) >= 11 is 0. The highest BCUT2D eigenvalue weighted by Gasteiger charge is 2.24. The first-order valence-electron chi connectivity index (χ1n) is 38.7. The van der Waals surface area contributed by atoms with Crippen LogP contribution >= 0.6 is 0 Å². The number of nitrogens with zero attached hydrogens (tertiary/aromatic N) is 15. The molecule has 0 saturated heterocycles. The summed E-state index contributed by atoms with van der Waals surface area (Å²) in [6.07, 6.45) is 3.29. The maximum atomic E-state index is 5.11. The second-order valence-corrected chi connectivity index (χ2v) is 29.6. The van der Waals surface area contributed by atoms with Crippen molar-refractivity contribution in [3.8, 4) is 0 Å². The summed E-state index contributed by atoms with van der Waals surface area (Å²) in [4.78, 5) is 53.7. The quantitative estimate of drug-likeness (QED) is 0.105. The van der Waals surface area contributed by atoms with Gasteiger partial charge in [0.2, 0.25) is 0 Å². The summed E-state index contributed by atoms with van der Waals surface area (Å²) in [7, 11) is 0. The lowest BCUT2D eigenvalue weighted by atomic mass is 9.97. The van der Waals surface area contributed by atoms with Gasteiger partial charge in [-0.2, -0.15) is 0 Å². The molecule has 0 amide bonds. The number of benzene rings is 16. The van der Waals surface area contributed by atoms with E-state index >= 15 is 0 Å². The predicted octanol–water partition coefficient (Wildman–Crippen LogP) is 24.2. The van der Waals surface area contributed by atoms with Gasteiger partial charge in [-0.3, -0.25) is 17.6 Å². The van der Waals surface area contributed by atoms with Crippen LogP contribution in [0.1, 0.15) is 0 Å². The van der Waals surface area contributed by atoms with Gasteiger partial charge in [0.25, 0.3) is 0 Å². The SMILES string of the molecule is c1ccc2c(c1)ccc1c2c2nc3ccccc3nc2n2c3ccccc3nc12.c1ccc2c(c1)ccc1c2c2nc3nccnc3nc2n2c3ccccc3nc12.c1ccc2cc3c(cc2c1)c1c2ccccc2ccc1c1nc2ccccc2n31.c1ccc2nc3c(cc2c1)c1c2ccccc2ccc1c1nc2ccccc2n31. The lowest BCUT2D eigenvalue weighted by Gasteiger charge is -2.13. The minimum atomic E-state index is 0.527. The molecule has 0 bridgehead atoms. The Hall–Kier alpha value is -16.1. The molecular weight excluding hydrogens is 1420 g/mol. The number of aromatic nitrogens is 15. The van der Waals surface area contributed by atoms with Crippen LogP contribution in [0.15, 0.2) is 346 Å². The third-order valence-corrected chi connectivity index (χ3v) is 23.2. The largest absolute Gasteiger partial charge is 0.292 e. The zero-order valence-corrected chi connectivity index (χ0v) is 61.6. The molecule has 0 aliphatic rings. The average Bonchev–Trinajstić information content (AvgIpc) is 1.43. The molecule has 0 saturated carbocycles. The highest BCUT2D eigenvalue weighted by Crippen LogP contribution is 2.43. The van der Waals surface area contributed by atoms with E-state index in [0.717, 1.165) is 160 Å². The Morgan fingerprint density at radius 2 is 0.466 bits per heavy atom. The van der Waals surface area contributed by atoms with Crippen LogP contribution in [0, 0.1) is 0 Å². The Morgan fingerprint density at radius 3 is 0.957 bits per heavy atom. The molecule has 12 aromatic heterocycles. The second-order valence-electron chi connectivity index (χ2n) is 29.6. The molecule has 0 aliphatic carbocycles. The van der Waals surface area contributed by atoms with Crippen LogP contribution in [0.3, 0.4) is 0 Å². The molecule has 28 aromatic rings. The molecule has 536 valence electrons. The predicted molar refractivity (Wildman–Crippen MR) is 475 cm³/mol. The van der Waals surface area contributed by atoms with Crippen molar-refractivity contribution in [2.75, 3.05) is 0 Å². The molecule has 0 radical (unpaired) electrons. The Labute approximate surface area is 655 Å². The van der Waals surface area contributed by atoms with Gasteiger partial charge in [0.05, 0.1) is 66.2 Å². The van der Waals surface area contributed by atoms with Crippen molar-refractivity contribution in [3.05, 3.63) is 346 Å². The van der Waals surface area contributed by atoms with Gasteiger partial charge in [-0.15, -0.1) is 0 Å². The van der Waals surface area contributed by atoms with Crippen molar-refractivity contribution in [1.82, 2.24) is 72.4 Å². The monoisotopic (exact) mass is 1480 g/mol. The molecule has 0 spiro atoms. The Bertz CT molecular complexity index is 8100. The minimum Gasteiger partial charge on any atom is -0.292 e. The molecule has 0 aliphatic heterocycles. The number of pyridine rings is 5. The van der Waals surface area contributed by atoms with Gasteiger partial charge in [-0.05, 0) is 163 Å². The Balaban J connectivity index is 0.0000000866. The summed E-state index contributed by atoms with van der Waals surface area (Å²) < 4.78 is 8.78. The van der Waals surface area contributed by atoms with Gasteiger partial charge in [-0.25, -0.2) is 54.8 Å². The van der Waals surface area contributed by atoms with E-state index < -0.39 is 0 Å². The van der Waals surface area contributed by atoms with E-state index in [2.05, 4.69) is 282 Å². The van der Waals surface area contributed by atoms with Crippen molar-refractivity contribution >= 4 is 241 Å². The summed E-state index contributed by atoms with van der Waals surface area (Å²) in [5.74, 6) is 0. The summed E-state index contributed by atoms with van der Waals surface area (Å²) in [6, 6.07) is 116. The normalized spacial score (nSPS) is 12.1. The molecule has 0 unspecified atom stereocenters.